The Balaban J connectivity index is 1.65. The van der Waals surface area contributed by atoms with Gasteiger partial charge in [0.15, 0.2) is 0 Å². The third-order valence-corrected chi connectivity index (χ3v) is 7.62. The standard InChI is InChI=1S/C21H27BO5/c1-21-9-8-16-15-6-4-14(22(26)27)10-12(15)2-5-17(16)20(21)13(11-18(21)23)3-7-19(24)25/h4,6,10,13,16-17,20,26-27H,2-3,5,7-9,11H2,1H3,(H,24,25)/t13-,16-,17-,20+,21-/m1/s1. The van der Waals surface area contributed by atoms with Gasteiger partial charge in [0.05, 0.1) is 0 Å². The third kappa shape index (κ3) is 3.03. The Morgan fingerprint density at radius 2 is 2.07 bits per heavy atom. The maximum atomic E-state index is 12.8. The molecule has 0 aromatic heterocycles. The Kier molecular flexibility index (Phi) is 4.67. The molecule has 4 rings (SSSR count). The highest BCUT2D eigenvalue weighted by Crippen LogP contribution is 2.62. The molecule has 5 nitrogen and oxygen atoms in total. The third-order valence-electron chi connectivity index (χ3n) is 7.62. The van der Waals surface area contributed by atoms with Crippen LogP contribution >= 0.6 is 0 Å². The number of aryl methyl sites for hydroxylation is 1. The number of ketones is 1. The van der Waals surface area contributed by atoms with Gasteiger partial charge in [-0.25, -0.2) is 0 Å². The monoisotopic (exact) mass is 370 g/mol. The molecule has 2 fully saturated rings. The molecular weight excluding hydrogens is 343 g/mol. The molecule has 0 amide bonds. The first kappa shape index (κ1) is 18.7. The lowest BCUT2D eigenvalue weighted by Gasteiger charge is -2.50. The number of benzene rings is 1. The molecule has 3 aliphatic carbocycles. The van der Waals surface area contributed by atoms with Crippen molar-refractivity contribution in [2.75, 3.05) is 0 Å². The van der Waals surface area contributed by atoms with Crippen LogP contribution in [0.2, 0.25) is 0 Å². The van der Waals surface area contributed by atoms with Crippen LogP contribution in [0.25, 0.3) is 0 Å². The molecule has 27 heavy (non-hydrogen) atoms. The number of rotatable bonds is 4. The normalized spacial score (nSPS) is 34.6. The lowest BCUT2D eigenvalue weighted by molar-refractivity contribution is -0.137. The fourth-order valence-electron chi connectivity index (χ4n) is 6.40. The number of carbonyl (C=O) groups excluding carboxylic acids is 1. The van der Waals surface area contributed by atoms with E-state index in [4.69, 9.17) is 5.11 Å². The Bertz CT molecular complexity index is 776. The van der Waals surface area contributed by atoms with Gasteiger partial charge in [0.2, 0.25) is 0 Å². The summed E-state index contributed by atoms with van der Waals surface area (Å²) in [7, 11) is -1.45. The van der Waals surface area contributed by atoms with Crippen LogP contribution < -0.4 is 5.46 Å². The first-order chi connectivity index (χ1) is 12.8. The van der Waals surface area contributed by atoms with E-state index in [1.165, 1.54) is 11.1 Å². The van der Waals surface area contributed by atoms with Gasteiger partial charge in [0, 0.05) is 18.3 Å². The van der Waals surface area contributed by atoms with E-state index in [0.717, 1.165) is 25.7 Å². The second kappa shape index (κ2) is 6.75. The number of carboxylic acids is 1. The van der Waals surface area contributed by atoms with E-state index in [2.05, 4.69) is 6.92 Å². The minimum Gasteiger partial charge on any atom is -0.481 e. The zero-order chi connectivity index (χ0) is 19.3. The molecule has 5 atom stereocenters. The van der Waals surface area contributed by atoms with E-state index in [1.54, 1.807) is 6.07 Å². The van der Waals surface area contributed by atoms with Crippen LogP contribution in [0.5, 0.6) is 0 Å². The van der Waals surface area contributed by atoms with Gasteiger partial charge in [0.25, 0.3) is 0 Å². The van der Waals surface area contributed by atoms with Crippen LogP contribution in [0.15, 0.2) is 18.2 Å². The molecule has 3 aliphatic rings. The van der Waals surface area contributed by atoms with Crippen LogP contribution in [-0.4, -0.2) is 34.0 Å². The van der Waals surface area contributed by atoms with Gasteiger partial charge in [0.1, 0.15) is 5.78 Å². The summed E-state index contributed by atoms with van der Waals surface area (Å²) in [5.74, 6) is 0.769. The summed E-state index contributed by atoms with van der Waals surface area (Å²) in [4.78, 5) is 23.9. The fourth-order valence-corrected chi connectivity index (χ4v) is 6.40. The predicted octanol–water partition coefficient (Wildman–Crippen LogP) is 1.88. The predicted molar refractivity (Wildman–Crippen MR) is 102 cm³/mol. The summed E-state index contributed by atoms with van der Waals surface area (Å²) in [6, 6.07) is 5.74. The summed E-state index contributed by atoms with van der Waals surface area (Å²) in [6.45, 7) is 2.11. The van der Waals surface area contributed by atoms with E-state index in [1.807, 2.05) is 12.1 Å². The van der Waals surface area contributed by atoms with Crippen LogP contribution in [0, 0.1) is 23.2 Å². The number of Topliss-reactive ketones (excluding diaryl/α,β-unsaturated/α-hetero) is 1. The number of hydrogen-bond acceptors (Lipinski definition) is 4. The van der Waals surface area contributed by atoms with Gasteiger partial charge in [-0.1, -0.05) is 25.1 Å². The number of hydrogen-bond donors (Lipinski definition) is 3. The molecule has 0 saturated heterocycles. The van der Waals surface area contributed by atoms with Crippen molar-refractivity contribution in [2.45, 2.75) is 57.8 Å². The molecule has 3 N–H and O–H groups in total. The van der Waals surface area contributed by atoms with Gasteiger partial charge >= 0.3 is 13.1 Å². The topological polar surface area (TPSA) is 94.8 Å². The van der Waals surface area contributed by atoms with E-state index in [-0.39, 0.29) is 23.7 Å². The second-order valence-electron chi connectivity index (χ2n) is 8.94. The minimum atomic E-state index is -1.45. The molecule has 0 radical (unpaired) electrons. The van der Waals surface area contributed by atoms with E-state index >= 15 is 0 Å². The zero-order valence-corrected chi connectivity index (χ0v) is 15.7. The maximum Gasteiger partial charge on any atom is 0.488 e. The molecule has 0 spiro atoms. The lowest BCUT2D eigenvalue weighted by Crippen LogP contribution is -2.44. The summed E-state index contributed by atoms with van der Waals surface area (Å²) in [6.07, 6.45) is 4.96. The first-order valence-electron chi connectivity index (χ1n) is 10.0. The average Bonchev–Trinajstić information content (AvgIpc) is 2.89. The highest BCUT2D eigenvalue weighted by molar-refractivity contribution is 6.58. The second-order valence-corrected chi connectivity index (χ2v) is 8.94. The van der Waals surface area contributed by atoms with Crippen molar-refractivity contribution in [1.82, 2.24) is 0 Å². The number of carbonyl (C=O) groups is 2. The van der Waals surface area contributed by atoms with Gasteiger partial charge in [-0.3, -0.25) is 9.59 Å². The molecule has 1 aromatic carbocycles. The van der Waals surface area contributed by atoms with E-state index in [0.29, 0.717) is 35.9 Å². The summed E-state index contributed by atoms with van der Waals surface area (Å²) >= 11 is 0. The average molecular weight is 370 g/mol. The van der Waals surface area contributed by atoms with Crippen molar-refractivity contribution in [3.05, 3.63) is 29.3 Å². The quantitative estimate of drug-likeness (QED) is 0.704. The molecule has 0 bridgehead atoms. The Hall–Kier alpha value is -1.66. The molecule has 144 valence electrons. The molecule has 0 heterocycles. The Morgan fingerprint density at radius 1 is 1.30 bits per heavy atom. The Labute approximate surface area is 159 Å². The largest absolute Gasteiger partial charge is 0.488 e. The highest BCUT2D eigenvalue weighted by atomic mass is 16.4. The van der Waals surface area contributed by atoms with Crippen molar-refractivity contribution in [1.29, 1.82) is 0 Å². The van der Waals surface area contributed by atoms with E-state index in [9.17, 15) is 19.6 Å². The fraction of sp³-hybridized carbons (Fsp3) is 0.619. The summed E-state index contributed by atoms with van der Waals surface area (Å²) in [5.41, 5.74) is 2.71. The molecule has 0 aliphatic heterocycles. The molecule has 2 saturated carbocycles. The van der Waals surface area contributed by atoms with Crippen LogP contribution in [0.4, 0.5) is 0 Å². The number of carboxylic acid groups (broad SMARTS) is 1. The smallest absolute Gasteiger partial charge is 0.481 e. The minimum absolute atomic E-state index is 0.135. The highest BCUT2D eigenvalue weighted by Gasteiger charge is 2.58. The molecule has 0 unspecified atom stereocenters. The number of aliphatic carboxylic acids is 1. The van der Waals surface area contributed by atoms with Crippen molar-refractivity contribution < 1.29 is 24.7 Å². The molecule has 1 aromatic rings. The van der Waals surface area contributed by atoms with Crippen molar-refractivity contribution in [3.8, 4) is 0 Å². The first-order valence-corrected chi connectivity index (χ1v) is 10.0. The van der Waals surface area contributed by atoms with Gasteiger partial charge < -0.3 is 15.2 Å². The molecular formula is C21H27BO5. The van der Waals surface area contributed by atoms with Crippen LogP contribution in [-0.2, 0) is 16.0 Å². The summed E-state index contributed by atoms with van der Waals surface area (Å²) in [5, 5.41) is 28.0. The Morgan fingerprint density at radius 3 is 2.78 bits per heavy atom. The van der Waals surface area contributed by atoms with Crippen molar-refractivity contribution in [3.63, 3.8) is 0 Å². The van der Waals surface area contributed by atoms with E-state index < -0.39 is 13.1 Å². The molecule has 6 heteroatoms. The van der Waals surface area contributed by atoms with Crippen LogP contribution in [0.3, 0.4) is 0 Å². The number of fused-ring (bicyclic) bond motifs is 5. The SMILES string of the molecule is C[C@]12CC[C@@H]3c4ccc(B(O)O)cc4CC[C@H]3[C@@H]1[C@H](CCC(=O)O)CC2=O. The maximum absolute atomic E-state index is 12.8. The van der Waals surface area contributed by atoms with Gasteiger partial charge in [-0.15, -0.1) is 0 Å². The van der Waals surface area contributed by atoms with Gasteiger partial charge in [-0.05, 0) is 72.4 Å². The van der Waals surface area contributed by atoms with Gasteiger partial charge in [-0.2, -0.15) is 0 Å². The zero-order valence-electron chi connectivity index (χ0n) is 15.7. The lowest BCUT2D eigenvalue weighted by atomic mass is 9.53. The summed E-state index contributed by atoms with van der Waals surface area (Å²) < 4.78 is 0. The van der Waals surface area contributed by atoms with Crippen molar-refractivity contribution >= 4 is 24.3 Å². The van der Waals surface area contributed by atoms with Crippen molar-refractivity contribution in [2.24, 2.45) is 23.2 Å². The van der Waals surface area contributed by atoms with Crippen LogP contribution in [0.1, 0.15) is 62.5 Å².